The zero-order chi connectivity index (χ0) is 23.7. The molecule has 1 aromatic heterocycles. The predicted molar refractivity (Wildman–Crippen MR) is 136 cm³/mol. The first kappa shape index (κ1) is 22.9. The monoisotopic (exact) mass is 503 g/mol. The van der Waals surface area contributed by atoms with Crippen LogP contribution in [0.5, 0.6) is 0 Å². The Kier molecular flexibility index (Phi) is 6.47. The molecule has 0 spiro atoms. The molecule has 6 heteroatoms. The summed E-state index contributed by atoms with van der Waals surface area (Å²) in [6, 6.07) is 20.2. The van der Waals surface area contributed by atoms with Crippen molar-refractivity contribution in [3.8, 4) is 5.69 Å². The van der Waals surface area contributed by atoms with Crippen LogP contribution in [0, 0.1) is 13.8 Å². The van der Waals surface area contributed by atoms with Gasteiger partial charge in [-0.1, -0.05) is 47.1 Å². The van der Waals surface area contributed by atoms with Gasteiger partial charge in [-0.3, -0.25) is 14.2 Å². The number of rotatable bonds is 5. The fourth-order valence-electron chi connectivity index (χ4n) is 4.08. The molecule has 0 aliphatic heterocycles. The van der Waals surface area contributed by atoms with E-state index in [0.717, 1.165) is 21.3 Å². The number of amides is 1. The predicted octanol–water partition coefficient (Wildman–Crippen LogP) is 5.99. The zero-order valence-electron chi connectivity index (χ0n) is 19.2. The first-order valence-electron chi connectivity index (χ1n) is 10.9. The Bertz CT molecular complexity index is 1410. The number of fused-ring (bicyclic) bond motifs is 1. The van der Waals surface area contributed by atoms with Gasteiger partial charge in [-0.2, -0.15) is 0 Å². The summed E-state index contributed by atoms with van der Waals surface area (Å²) in [5.74, 6) is 0.424. The maximum atomic E-state index is 13.7. The van der Waals surface area contributed by atoms with Crippen molar-refractivity contribution in [1.82, 2.24) is 14.5 Å². The lowest BCUT2D eigenvalue weighted by Crippen LogP contribution is -2.36. The van der Waals surface area contributed by atoms with Crippen molar-refractivity contribution < 1.29 is 4.79 Å². The summed E-state index contributed by atoms with van der Waals surface area (Å²) < 4.78 is 2.50. The number of carbonyl (C=O) groups is 1. The largest absolute Gasteiger partial charge is 0.332 e. The van der Waals surface area contributed by atoms with Crippen molar-refractivity contribution >= 4 is 32.7 Å². The van der Waals surface area contributed by atoms with Gasteiger partial charge in [0.2, 0.25) is 0 Å². The molecule has 1 atom stereocenters. The average molecular weight is 504 g/mol. The quantitative estimate of drug-likeness (QED) is 0.336. The summed E-state index contributed by atoms with van der Waals surface area (Å²) in [4.78, 5) is 33.6. The Balaban J connectivity index is 1.93. The highest BCUT2D eigenvalue weighted by atomic mass is 79.9. The van der Waals surface area contributed by atoms with E-state index in [1.165, 1.54) is 0 Å². The average Bonchev–Trinajstić information content (AvgIpc) is 2.81. The van der Waals surface area contributed by atoms with E-state index in [-0.39, 0.29) is 11.5 Å². The van der Waals surface area contributed by atoms with Gasteiger partial charge in [0.1, 0.15) is 5.82 Å². The van der Waals surface area contributed by atoms with Crippen LogP contribution in [0.4, 0.5) is 0 Å². The topological polar surface area (TPSA) is 55.2 Å². The van der Waals surface area contributed by atoms with Gasteiger partial charge in [0, 0.05) is 17.1 Å². The number of hydrogen-bond donors (Lipinski definition) is 0. The Morgan fingerprint density at radius 3 is 2.48 bits per heavy atom. The number of para-hydroxylation sites is 1. The zero-order valence-corrected chi connectivity index (χ0v) is 20.8. The molecule has 33 heavy (non-hydrogen) atoms. The van der Waals surface area contributed by atoms with Gasteiger partial charge in [0.05, 0.1) is 22.6 Å². The summed E-state index contributed by atoms with van der Waals surface area (Å²) in [5, 5.41) is 0.551. The van der Waals surface area contributed by atoms with Crippen LogP contribution < -0.4 is 5.56 Å². The first-order chi connectivity index (χ1) is 15.8. The summed E-state index contributed by atoms with van der Waals surface area (Å²) in [5.41, 5.74) is 4.05. The Hall–Kier alpha value is -3.25. The smallest absolute Gasteiger partial charge is 0.266 e. The third-order valence-electron chi connectivity index (χ3n) is 6.09. The number of carbonyl (C=O) groups excluding carboxylic acids is 1. The van der Waals surface area contributed by atoms with Crippen LogP contribution in [0.25, 0.3) is 16.6 Å². The number of aromatic nitrogens is 2. The van der Waals surface area contributed by atoms with E-state index in [2.05, 4.69) is 15.9 Å². The molecule has 4 rings (SSSR count). The van der Waals surface area contributed by atoms with E-state index in [4.69, 9.17) is 4.98 Å². The lowest BCUT2D eigenvalue weighted by atomic mass is 10.1. The van der Waals surface area contributed by atoms with Gasteiger partial charge in [-0.05, 0) is 73.9 Å². The van der Waals surface area contributed by atoms with Crippen LogP contribution in [0.3, 0.4) is 0 Å². The highest BCUT2D eigenvalue weighted by molar-refractivity contribution is 9.10. The molecular formula is C27H26BrN3O2. The van der Waals surface area contributed by atoms with Crippen molar-refractivity contribution in [2.45, 2.75) is 33.2 Å². The minimum Gasteiger partial charge on any atom is -0.332 e. The van der Waals surface area contributed by atoms with E-state index < -0.39 is 6.04 Å². The summed E-state index contributed by atoms with van der Waals surface area (Å²) in [6.07, 6.45) is 0.603. The van der Waals surface area contributed by atoms with Gasteiger partial charge in [-0.15, -0.1) is 0 Å². The van der Waals surface area contributed by atoms with Gasteiger partial charge in [0.25, 0.3) is 11.5 Å². The molecular weight excluding hydrogens is 478 g/mol. The minimum absolute atomic E-state index is 0.128. The van der Waals surface area contributed by atoms with Crippen molar-refractivity contribution in [1.29, 1.82) is 0 Å². The third kappa shape index (κ3) is 4.35. The second kappa shape index (κ2) is 9.32. The normalized spacial score (nSPS) is 12.0. The second-order valence-electron chi connectivity index (χ2n) is 8.25. The molecule has 0 aliphatic rings. The van der Waals surface area contributed by atoms with E-state index in [1.807, 2.05) is 69.3 Å². The number of hydrogen-bond acceptors (Lipinski definition) is 3. The maximum absolute atomic E-state index is 13.7. The van der Waals surface area contributed by atoms with Gasteiger partial charge >= 0.3 is 0 Å². The van der Waals surface area contributed by atoms with Crippen molar-refractivity contribution in [3.05, 3.63) is 104 Å². The highest BCUT2D eigenvalue weighted by Crippen LogP contribution is 2.27. The van der Waals surface area contributed by atoms with Crippen LogP contribution in [-0.2, 0) is 0 Å². The number of nitrogens with zero attached hydrogens (tertiary/aromatic N) is 3. The molecule has 3 aromatic carbocycles. The van der Waals surface area contributed by atoms with Gasteiger partial charge < -0.3 is 4.90 Å². The van der Waals surface area contributed by atoms with E-state index in [1.54, 1.807) is 34.7 Å². The number of aryl methyl sites for hydroxylation is 2. The molecule has 0 N–H and O–H groups in total. The number of halogens is 1. The van der Waals surface area contributed by atoms with Crippen molar-refractivity contribution in [2.24, 2.45) is 0 Å². The first-order valence-corrected chi connectivity index (χ1v) is 11.7. The Morgan fingerprint density at radius 2 is 1.79 bits per heavy atom. The van der Waals surface area contributed by atoms with E-state index in [9.17, 15) is 9.59 Å². The molecule has 5 nitrogen and oxygen atoms in total. The molecule has 0 saturated carbocycles. The van der Waals surface area contributed by atoms with E-state index in [0.29, 0.717) is 28.7 Å². The molecule has 0 radical (unpaired) electrons. The van der Waals surface area contributed by atoms with Crippen LogP contribution >= 0.6 is 15.9 Å². The van der Waals surface area contributed by atoms with E-state index >= 15 is 0 Å². The van der Waals surface area contributed by atoms with Crippen molar-refractivity contribution in [2.75, 3.05) is 7.05 Å². The summed E-state index contributed by atoms with van der Waals surface area (Å²) >= 11 is 3.44. The highest BCUT2D eigenvalue weighted by Gasteiger charge is 2.27. The fraction of sp³-hybridized carbons (Fsp3) is 0.222. The molecule has 0 fully saturated rings. The Morgan fingerprint density at radius 1 is 1.03 bits per heavy atom. The molecule has 1 amide bonds. The fourth-order valence-corrected chi connectivity index (χ4v) is 4.48. The summed E-state index contributed by atoms with van der Waals surface area (Å²) in [6.45, 7) is 6.07. The molecule has 0 aliphatic carbocycles. The number of benzene rings is 3. The molecule has 168 valence electrons. The molecule has 1 heterocycles. The molecule has 0 saturated heterocycles. The minimum atomic E-state index is -0.393. The van der Waals surface area contributed by atoms with Gasteiger partial charge in [0.15, 0.2) is 0 Å². The Labute approximate surface area is 201 Å². The second-order valence-corrected chi connectivity index (χ2v) is 9.16. The molecule has 1 unspecified atom stereocenters. The maximum Gasteiger partial charge on any atom is 0.266 e. The van der Waals surface area contributed by atoms with Gasteiger partial charge in [-0.25, -0.2) is 4.98 Å². The van der Waals surface area contributed by atoms with Crippen LogP contribution in [-0.4, -0.2) is 27.4 Å². The standard InChI is InChI=1S/C27H26BrN3O2/c1-5-24(30(4)26(32)19-9-8-10-20(28)16-19)25-29-23-12-7-6-11-22(23)27(33)31(25)21-14-13-17(2)18(3)15-21/h6-16,24H,5H2,1-4H3. The lowest BCUT2D eigenvalue weighted by Gasteiger charge is -2.29. The summed E-state index contributed by atoms with van der Waals surface area (Å²) in [7, 11) is 1.77. The molecule has 4 aromatic rings. The van der Waals surface area contributed by atoms with Crippen LogP contribution in [0.1, 0.15) is 46.7 Å². The third-order valence-corrected chi connectivity index (χ3v) is 6.59. The van der Waals surface area contributed by atoms with Crippen LogP contribution in [0.2, 0.25) is 0 Å². The lowest BCUT2D eigenvalue weighted by molar-refractivity contribution is 0.0717. The van der Waals surface area contributed by atoms with Crippen molar-refractivity contribution in [3.63, 3.8) is 0 Å². The SMILES string of the molecule is CCC(c1nc2ccccc2c(=O)n1-c1ccc(C)c(C)c1)N(C)C(=O)c1cccc(Br)c1. The molecule has 0 bridgehead atoms. The van der Waals surface area contributed by atoms with Crippen LogP contribution in [0.15, 0.2) is 76.0 Å².